The van der Waals surface area contributed by atoms with Crippen LogP contribution in [-0.4, -0.2) is 9.97 Å². The maximum Gasteiger partial charge on any atom is 0.142 e. The number of aromatic nitrogens is 2. The van der Waals surface area contributed by atoms with E-state index < -0.39 is 0 Å². The van der Waals surface area contributed by atoms with Gasteiger partial charge in [-0.25, -0.2) is 9.97 Å². The Morgan fingerprint density at radius 3 is 2.22 bits per heavy atom. The van der Waals surface area contributed by atoms with E-state index in [1.807, 2.05) is 37.3 Å². The normalized spacial score (nSPS) is 10.6. The summed E-state index contributed by atoms with van der Waals surface area (Å²) in [6, 6.07) is 10.1. The van der Waals surface area contributed by atoms with Crippen LogP contribution >= 0.6 is 35.0 Å². The lowest BCUT2D eigenvalue weighted by molar-refractivity contribution is 0.979. The summed E-state index contributed by atoms with van der Waals surface area (Å²) in [6.45, 7) is 1.98. The number of rotatable bonds is 4. The fourth-order valence-electron chi connectivity index (χ4n) is 1.49. The Hall–Kier alpha value is -0.770. The van der Waals surface area contributed by atoms with Gasteiger partial charge in [0.15, 0.2) is 0 Å². The number of hydrogen-bond acceptors (Lipinski definition) is 3. The Labute approximate surface area is 121 Å². The molecule has 2 nitrogen and oxygen atoms in total. The van der Waals surface area contributed by atoms with E-state index in [0.29, 0.717) is 21.9 Å². The van der Waals surface area contributed by atoms with Gasteiger partial charge in [0.25, 0.3) is 0 Å². The highest BCUT2D eigenvalue weighted by molar-refractivity contribution is 7.98. The van der Waals surface area contributed by atoms with E-state index in [-0.39, 0.29) is 0 Å². The van der Waals surface area contributed by atoms with Gasteiger partial charge in [-0.05, 0) is 18.6 Å². The molecule has 0 saturated carbocycles. The topological polar surface area (TPSA) is 25.8 Å². The first kappa shape index (κ1) is 13.7. The lowest BCUT2D eigenvalue weighted by Gasteiger charge is -2.06. The lowest BCUT2D eigenvalue weighted by Crippen LogP contribution is -1.98. The Morgan fingerprint density at radius 1 is 1.06 bits per heavy atom. The number of thioether (sulfide) groups is 1. The molecule has 0 bridgehead atoms. The standard InChI is InChI=1S/C13H12Cl2N2S/c1-2-10-12(14)16-11(17-13(10)15)8-18-9-6-4-3-5-7-9/h3-7H,2,8H2,1H3. The van der Waals surface area contributed by atoms with Gasteiger partial charge in [-0.1, -0.05) is 48.3 Å². The first-order valence-electron chi connectivity index (χ1n) is 5.59. The van der Waals surface area contributed by atoms with Crippen LogP contribution in [0.15, 0.2) is 35.2 Å². The fraction of sp³-hybridized carbons (Fsp3) is 0.231. The van der Waals surface area contributed by atoms with E-state index in [9.17, 15) is 0 Å². The van der Waals surface area contributed by atoms with Gasteiger partial charge in [0.05, 0.1) is 5.75 Å². The summed E-state index contributed by atoms with van der Waals surface area (Å²) in [6.07, 6.45) is 0.740. The molecule has 0 aliphatic carbocycles. The third kappa shape index (κ3) is 3.37. The largest absolute Gasteiger partial charge is 0.220 e. The Kier molecular flexibility index (Phi) is 4.87. The van der Waals surface area contributed by atoms with E-state index in [1.165, 1.54) is 4.90 Å². The first-order chi connectivity index (χ1) is 8.70. The molecule has 1 aromatic carbocycles. The molecule has 0 spiro atoms. The third-order valence-corrected chi connectivity index (χ3v) is 4.05. The molecule has 0 radical (unpaired) electrons. The van der Waals surface area contributed by atoms with Crippen molar-refractivity contribution in [3.63, 3.8) is 0 Å². The molecule has 1 aromatic heterocycles. The van der Waals surface area contributed by atoms with Gasteiger partial charge < -0.3 is 0 Å². The van der Waals surface area contributed by atoms with Crippen LogP contribution in [0.1, 0.15) is 18.3 Å². The summed E-state index contributed by atoms with van der Waals surface area (Å²) in [5.74, 6) is 1.32. The second-order valence-electron chi connectivity index (χ2n) is 3.66. The zero-order valence-corrected chi connectivity index (χ0v) is 12.2. The van der Waals surface area contributed by atoms with Crippen LogP contribution in [0.3, 0.4) is 0 Å². The van der Waals surface area contributed by atoms with Crippen molar-refractivity contribution in [2.24, 2.45) is 0 Å². The smallest absolute Gasteiger partial charge is 0.142 e. The molecule has 0 saturated heterocycles. The van der Waals surface area contributed by atoms with Gasteiger partial charge >= 0.3 is 0 Å². The second kappa shape index (κ2) is 6.41. The summed E-state index contributed by atoms with van der Waals surface area (Å²) in [7, 11) is 0. The minimum absolute atomic E-state index is 0.459. The molecule has 0 atom stereocenters. The zero-order valence-electron chi connectivity index (χ0n) is 9.86. The molecule has 2 aromatic rings. The molecule has 0 aliphatic rings. The predicted molar refractivity (Wildman–Crippen MR) is 77.4 cm³/mol. The number of halogens is 2. The van der Waals surface area contributed by atoms with E-state index in [2.05, 4.69) is 9.97 Å². The SMILES string of the molecule is CCc1c(Cl)nc(CSc2ccccc2)nc1Cl. The van der Waals surface area contributed by atoms with E-state index in [0.717, 1.165) is 12.0 Å². The van der Waals surface area contributed by atoms with Gasteiger partial charge in [0.2, 0.25) is 0 Å². The molecular weight excluding hydrogens is 287 g/mol. The van der Waals surface area contributed by atoms with Crippen LogP contribution in [0.5, 0.6) is 0 Å². The lowest BCUT2D eigenvalue weighted by atomic mass is 10.3. The van der Waals surface area contributed by atoms with Crippen LogP contribution in [0.2, 0.25) is 10.3 Å². The van der Waals surface area contributed by atoms with Crippen LogP contribution in [-0.2, 0) is 12.2 Å². The van der Waals surface area contributed by atoms with Gasteiger partial charge in [-0.2, -0.15) is 0 Å². The highest BCUT2D eigenvalue weighted by Crippen LogP contribution is 2.25. The molecular formula is C13H12Cl2N2S. The maximum atomic E-state index is 6.07. The van der Waals surface area contributed by atoms with Crippen LogP contribution < -0.4 is 0 Å². The van der Waals surface area contributed by atoms with E-state index in [4.69, 9.17) is 23.2 Å². The minimum atomic E-state index is 0.459. The summed E-state index contributed by atoms with van der Waals surface area (Å²) in [5, 5.41) is 0.919. The highest BCUT2D eigenvalue weighted by atomic mass is 35.5. The van der Waals surface area contributed by atoms with Gasteiger partial charge in [-0.15, -0.1) is 11.8 Å². The highest BCUT2D eigenvalue weighted by Gasteiger charge is 2.09. The van der Waals surface area contributed by atoms with Crippen molar-refractivity contribution in [2.45, 2.75) is 24.0 Å². The quantitative estimate of drug-likeness (QED) is 0.607. The van der Waals surface area contributed by atoms with Crippen molar-refractivity contribution >= 4 is 35.0 Å². The molecule has 0 aliphatic heterocycles. The number of hydrogen-bond donors (Lipinski definition) is 0. The van der Waals surface area contributed by atoms with Crippen molar-refractivity contribution in [3.05, 3.63) is 52.0 Å². The fourth-order valence-corrected chi connectivity index (χ4v) is 2.96. The van der Waals surface area contributed by atoms with Crippen LogP contribution in [0.4, 0.5) is 0 Å². The molecule has 1 heterocycles. The average molecular weight is 299 g/mol. The maximum absolute atomic E-state index is 6.07. The van der Waals surface area contributed by atoms with Crippen molar-refractivity contribution in [1.29, 1.82) is 0 Å². The molecule has 0 fully saturated rings. The van der Waals surface area contributed by atoms with E-state index in [1.54, 1.807) is 11.8 Å². The molecule has 5 heteroatoms. The predicted octanol–water partition coefficient (Wildman–Crippen LogP) is 4.64. The van der Waals surface area contributed by atoms with Crippen LogP contribution in [0.25, 0.3) is 0 Å². The molecule has 2 rings (SSSR count). The van der Waals surface area contributed by atoms with Gasteiger partial charge in [-0.3, -0.25) is 0 Å². The third-order valence-electron chi connectivity index (χ3n) is 2.42. The molecule has 94 valence electrons. The van der Waals surface area contributed by atoms with Gasteiger partial charge in [0, 0.05) is 10.5 Å². The molecule has 0 amide bonds. The van der Waals surface area contributed by atoms with Crippen molar-refractivity contribution < 1.29 is 0 Å². The minimum Gasteiger partial charge on any atom is -0.220 e. The molecule has 0 N–H and O–H groups in total. The van der Waals surface area contributed by atoms with E-state index >= 15 is 0 Å². The summed E-state index contributed by atoms with van der Waals surface area (Å²) in [5.41, 5.74) is 0.812. The number of nitrogens with zero attached hydrogens (tertiary/aromatic N) is 2. The second-order valence-corrected chi connectivity index (χ2v) is 5.42. The summed E-state index contributed by atoms with van der Waals surface area (Å²) >= 11 is 13.8. The molecule has 0 unspecified atom stereocenters. The Morgan fingerprint density at radius 2 is 1.67 bits per heavy atom. The van der Waals surface area contributed by atoms with Crippen molar-refractivity contribution in [3.8, 4) is 0 Å². The first-order valence-corrected chi connectivity index (χ1v) is 7.33. The Balaban J connectivity index is 2.11. The summed E-state index contributed by atoms with van der Waals surface area (Å²) in [4.78, 5) is 9.71. The Bertz CT molecular complexity index is 509. The average Bonchev–Trinajstić information content (AvgIpc) is 2.37. The summed E-state index contributed by atoms with van der Waals surface area (Å²) < 4.78 is 0. The van der Waals surface area contributed by atoms with Crippen molar-refractivity contribution in [2.75, 3.05) is 0 Å². The molecule has 18 heavy (non-hydrogen) atoms. The monoisotopic (exact) mass is 298 g/mol. The van der Waals surface area contributed by atoms with Crippen molar-refractivity contribution in [1.82, 2.24) is 9.97 Å². The van der Waals surface area contributed by atoms with Crippen LogP contribution in [0, 0.1) is 0 Å². The number of benzene rings is 1. The van der Waals surface area contributed by atoms with Gasteiger partial charge in [0.1, 0.15) is 16.1 Å². The zero-order chi connectivity index (χ0) is 13.0.